The number of benzene rings is 2. The molecule has 3 atom stereocenters. The first-order chi connectivity index (χ1) is 18.7. The number of rotatable bonds is 5. The fraction of sp³-hybridized carbons (Fsp3) is 0.400. The molecule has 214 valence electrons. The van der Waals surface area contributed by atoms with Gasteiger partial charge >= 0.3 is 6.03 Å². The van der Waals surface area contributed by atoms with E-state index >= 15 is 0 Å². The number of imide groups is 1. The normalized spacial score (nSPS) is 26.4. The van der Waals surface area contributed by atoms with Gasteiger partial charge in [0.25, 0.3) is 5.91 Å². The topological polar surface area (TPSA) is 159 Å². The van der Waals surface area contributed by atoms with Gasteiger partial charge in [0, 0.05) is 24.3 Å². The number of hydrogen-bond donors (Lipinski definition) is 2. The van der Waals surface area contributed by atoms with Crippen molar-refractivity contribution in [3.05, 3.63) is 53.8 Å². The Balaban J connectivity index is 1.30. The van der Waals surface area contributed by atoms with Crippen molar-refractivity contribution in [3.8, 4) is 0 Å². The van der Waals surface area contributed by atoms with Crippen LogP contribution in [-0.2, 0) is 39.7 Å². The number of sulfone groups is 1. The molecular formula is C25H27FN4O8S2. The minimum Gasteiger partial charge on any atom is -0.373 e. The first-order valence-electron chi connectivity index (χ1n) is 12.5. The monoisotopic (exact) mass is 594 g/mol. The van der Waals surface area contributed by atoms with E-state index in [1.54, 1.807) is 13.8 Å². The van der Waals surface area contributed by atoms with E-state index in [2.05, 4.69) is 10.6 Å². The van der Waals surface area contributed by atoms with Gasteiger partial charge in [-0.25, -0.2) is 26.0 Å². The standard InChI is InChI=1S/C25H27FN4O8S2/c1-15-12-29(13-16(2)38-15)40(36,37)19-6-4-18(5-7-19)27-22(31)14-30-23(32)25(28-24(30)33)9-10-39(34,35)21-8-3-17(26)11-20(21)25/h3-8,11,15-16H,9-10,12-14H2,1-2H3,(H,27,31)(H,28,33)/t15-,16+,25-/m1/s1. The Morgan fingerprint density at radius 1 is 1.12 bits per heavy atom. The fourth-order valence-corrected chi connectivity index (χ4v) is 8.52. The number of urea groups is 1. The molecule has 5 rings (SSSR count). The first-order valence-corrected chi connectivity index (χ1v) is 15.5. The zero-order valence-electron chi connectivity index (χ0n) is 21.6. The molecule has 4 amide bonds. The number of carbonyl (C=O) groups excluding carboxylic acids is 3. The summed E-state index contributed by atoms with van der Waals surface area (Å²) in [7, 11) is -7.58. The number of nitrogens with one attached hydrogen (secondary N) is 2. The minimum atomic E-state index is -3.79. The maximum atomic E-state index is 14.1. The number of ether oxygens (including phenoxy) is 1. The zero-order chi connectivity index (χ0) is 29.0. The summed E-state index contributed by atoms with van der Waals surface area (Å²) in [6.07, 6.45) is -0.829. The van der Waals surface area contributed by atoms with Crippen molar-refractivity contribution in [2.24, 2.45) is 0 Å². The second-order valence-electron chi connectivity index (χ2n) is 10.1. The lowest BCUT2D eigenvalue weighted by Gasteiger charge is -2.34. The van der Waals surface area contributed by atoms with Crippen LogP contribution in [0, 0.1) is 5.82 Å². The zero-order valence-corrected chi connectivity index (χ0v) is 23.2. The molecule has 0 radical (unpaired) electrons. The van der Waals surface area contributed by atoms with Gasteiger partial charge in [-0.05, 0) is 62.7 Å². The molecule has 0 bridgehead atoms. The average molecular weight is 595 g/mol. The molecule has 3 aliphatic heterocycles. The summed E-state index contributed by atoms with van der Waals surface area (Å²) in [5, 5.41) is 4.98. The summed E-state index contributed by atoms with van der Waals surface area (Å²) in [5.41, 5.74) is -1.77. The van der Waals surface area contributed by atoms with Crippen molar-refractivity contribution in [1.82, 2.24) is 14.5 Å². The van der Waals surface area contributed by atoms with E-state index in [1.807, 2.05) is 0 Å². The summed E-state index contributed by atoms with van der Waals surface area (Å²) in [6, 6.07) is 7.44. The van der Waals surface area contributed by atoms with E-state index in [1.165, 1.54) is 28.6 Å². The molecule has 2 saturated heterocycles. The van der Waals surface area contributed by atoms with Gasteiger partial charge in [-0.3, -0.25) is 14.5 Å². The maximum absolute atomic E-state index is 14.1. The van der Waals surface area contributed by atoms with E-state index in [0.717, 1.165) is 18.2 Å². The quantitative estimate of drug-likeness (QED) is 0.386. The molecule has 3 heterocycles. The van der Waals surface area contributed by atoms with Crippen molar-refractivity contribution < 1.29 is 40.3 Å². The van der Waals surface area contributed by atoms with Crippen LogP contribution in [0.2, 0.25) is 0 Å². The second kappa shape index (κ2) is 9.90. The summed E-state index contributed by atoms with van der Waals surface area (Å²) in [6.45, 7) is 3.30. The number of nitrogens with zero attached hydrogens (tertiary/aromatic N) is 2. The number of sulfonamides is 1. The number of halogens is 1. The lowest BCUT2D eigenvalue weighted by atomic mass is 9.86. The van der Waals surface area contributed by atoms with Crippen molar-refractivity contribution in [3.63, 3.8) is 0 Å². The van der Waals surface area contributed by atoms with Gasteiger partial charge < -0.3 is 15.4 Å². The Morgan fingerprint density at radius 2 is 1.77 bits per heavy atom. The summed E-state index contributed by atoms with van der Waals surface area (Å²) >= 11 is 0. The van der Waals surface area contributed by atoms with Crippen molar-refractivity contribution >= 4 is 43.4 Å². The molecule has 0 saturated carbocycles. The van der Waals surface area contributed by atoms with Crippen LogP contribution in [0.4, 0.5) is 14.9 Å². The van der Waals surface area contributed by atoms with Gasteiger partial charge in [0.1, 0.15) is 17.9 Å². The van der Waals surface area contributed by atoms with Gasteiger partial charge in [0.2, 0.25) is 15.9 Å². The van der Waals surface area contributed by atoms with E-state index < -0.39 is 61.4 Å². The number of morpholine rings is 1. The second-order valence-corrected chi connectivity index (χ2v) is 14.1. The van der Waals surface area contributed by atoms with Crippen LogP contribution >= 0.6 is 0 Å². The molecule has 0 unspecified atom stereocenters. The Kier molecular flexibility index (Phi) is 6.97. The molecule has 2 N–H and O–H groups in total. The molecule has 1 spiro atoms. The predicted octanol–water partition coefficient (Wildman–Crippen LogP) is 1.19. The summed E-state index contributed by atoms with van der Waals surface area (Å²) in [5.74, 6) is -2.86. The molecule has 2 fully saturated rings. The largest absolute Gasteiger partial charge is 0.373 e. The number of amides is 4. The van der Waals surface area contributed by atoms with Crippen molar-refractivity contribution in [2.45, 2.75) is 47.8 Å². The van der Waals surface area contributed by atoms with Crippen LogP contribution in [-0.4, -0.2) is 81.5 Å². The molecule has 12 nitrogen and oxygen atoms in total. The van der Waals surface area contributed by atoms with Crippen molar-refractivity contribution in [1.29, 1.82) is 0 Å². The molecule has 40 heavy (non-hydrogen) atoms. The van der Waals surface area contributed by atoms with E-state index in [0.29, 0.717) is 4.90 Å². The van der Waals surface area contributed by atoms with Gasteiger partial charge in [-0.1, -0.05) is 0 Å². The molecular weight excluding hydrogens is 567 g/mol. The Hall–Kier alpha value is -3.40. The first kappa shape index (κ1) is 28.1. The van der Waals surface area contributed by atoms with Gasteiger partial charge in [0.15, 0.2) is 9.84 Å². The van der Waals surface area contributed by atoms with Crippen LogP contribution in [0.15, 0.2) is 52.3 Å². The molecule has 2 aromatic rings. The van der Waals surface area contributed by atoms with Crippen LogP contribution in [0.5, 0.6) is 0 Å². The Labute approximate surface area is 230 Å². The number of hydrogen-bond acceptors (Lipinski definition) is 8. The molecule has 15 heteroatoms. The van der Waals surface area contributed by atoms with E-state index in [9.17, 15) is 35.6 Å². The lowest BCUT2D eigenvalue weighted by Crippen LogP contribution is -2.49. The molecule has 2 aromatic carbocycles. The number of carbonyl (C=O) groups is 3. The van der Waals surface area contributed by atoms with Gasteiger partial charge in [-0.2, -0.15) is 4.31 Å². The summed E-state index contributed by atoms with van der Waals surface area (Å²) < 4.78 is 72.1. The van der Waals surface area contributed by atoms with Gasteiger partial charge in [-0.15, -0.1) is 0 Å². The van der Waals surface area contributed by atoms with Gasteiger partial charge in [0.05, 0.1) is 27.8 Å². The third-order valence-corrected chi connectivity index (χ3v) is 10.7. The smallest absolute Gasteiger partial charge is 0.325 e. The highest BCUT2D eigenvalue weighted by molar-refractivity contribution is 7.91. The highest BCUT2D eigenvalue weighted by atomic mass is 32.2. The number of anilines is 1. The molecule has 0 aliphatic carbocycles. The Bertz CT molecular complexity index is 1600. The van der Waals surface area contributed by atoms with Crippen LogP contribution in [0.3, 0.4) is 0 Å². The van der Waals surface area contributed by atoms with E-state index in [-0.39, 0.29) is 52.8 Å². The fourth-order valence-electron chi connectivity index (χ4n) is 5.29. The Morgan fingerprint density at radius 3 is 2.42 bits per heavy atom. The minimum absolute atomic E-state index is 0.0287. The van der Waals surface area contributed by atoms with Crippen molar-refractivity contribution in [2.75, 3.05) is 30.7 Å². The van der Waals surface area contributed by atoms with Crippen LogP contribution < -0.4 is 10.6 Å². The molecule has 0 aromatic heterocycles. The summed E-state index contributed by atoms with van der Waals surface area (Å²) in [4.78, 5) is 39.3. The lowest BCUT2D eigenvalue weighted by molar-refractivity contribution is -0.134. The highest BCUT2D eigenvalue weighted by Crippen LogP contribution is 2.41. The van der Waals surface area contributed by atoms with Crippen LogP contribution in [0.25, 0.3) is 0 Å². The molecule has 3 aliphatic rings. The number of fused-ring (bicyclic) bond motifs is 2. The predicted molar refractivity (Wildman–Crippen MR) is 139 cm³/mol. The average Bonchev–Trinajstić information content (AvgIpc) is 3.11. The highest BCUT2D eigenvalue weighted by Gasteiger charge is 2.56. The maximum Gasteiger partial charge on any atom is 0.325 e. The third kappa shape index (κ3) is 4.87. The van der Waals surface area contributed by atoms with Crippen LogP contribution in [0.1, 0.15) is 25.8 Å². The third-order valence-electron chi connectivity index (χ3n) is 7.12. The SMILES string of the molecule is C[C@@H]1CN(S(=O)(=O)c2ccc(NC(=O)CN3C(=O)N[C@@]4(CCS(=O)(=O)c5ccc(F)cc54)C3=O)cc2)C[C@H](C)O1. The van der Waals surface area contributed by atoms with E-state index in [4.69, 9.17) is 4.74 Å².